The molecule has 1 heterocycles. The minimum atomic E-state index is -0.0443. The van der Waals surface area contributed by atoms with Gasteiger partial charge in [0.15, 0.2) is 0 Å². The lowest BCUT2D eigenvalue weighted by Gasteiger charge is -2.26. The van der Waals surface area contributed by atoms with Crippen LogP contribution >= 0.6 is 0 Å². The molecule has 0 saturated heterocycles. The van der Waals surface area contributed by atoms with Gasteiger partial charge in [-0.2, -0.15) is 0 Å². The quantitative estimate of drug-likeness (QED) is 0.140. The van der Waals surface area contributed by atoms with Crippen molar-refractivity contribution in [3.63, 3.8) is 0 Å². The molecule has 0 bridgehead atoms. The molecule has 0 fully saturated rings. The molecule has 0 spiro atoms. The van der Waals surface area contributed by atoms with Crippen molar-refractivity contribution in [2.45, 2.75) is 19.3 Å². The minimum absolute atomic E-state index is 0.0443. The van der Waals surface area contributed by atoms with E-state index in [1.165, 1.54) is 105 Å². The third-order valence-electron chi connectivity index (χ3n) is 14.9. The zero-order valence-electron chi connectivity index (χ0n) is 39.8. The summed E-state index contributed by atoms with van der Waals surface area (Å²) in [5.41, 5.74) is 24.4. The highest BCUT2D eigenvalue weighted by atomic mass is 15.1. The van der Waals surface area contributed by atoms with Gasteiger partial charge in [0.05, 0.1) is 11.0 Å². The number of nitrogens with zero attached hydrogens (tertiary/aromatic N) is 2. The molecule has 0 amide bonds. The maximum absolute atomic E-state index is 2.40. The molecule has 0 saturated carbocycles. The molecule has 0 N–H and O–H groups in total. The molecule has 2 heteroatoms. The van der Waals surface area contributed by atoms with E-state index in [4.69, 9.17) is 0 Å². The van der Waals surface area contributed by atoms with Crippen molar-refractivity contribution in [2.24, 2.45) is 0 Å². The molecule has 0 unspecified atom stereocenters. The Morgan fingerprint density at radius 3 is 1.23 bits per heavy atom. The number of fused-ring (bicyclic) bond motifs is 6. The second kappa shape index (κ2) is 17.2. The summed E-state index contributed by atoms with van der Waals surface area (Å²) in [6, 6.07) is 97.6. The third-order valence-corrected chi connectivity index (χ3v) is 14.9. The van der Waals surface area contributed by atoms with E-state index in [1.54, 1.807) is 0 Å². The second-order valence-electron chi connectivity index (χ2n) is 19.3. The van der Waals surface area contributed by atoms with E-state index < -0.39 is 0 Å². The number of benzene rings is 11. The van der Waals surface area contributed by atoms with Crippen molar-refractivity contribution in [2.75, 3.05) is 4.90 Å². The molecule has 2 nitrogen and oxygen atoms in total. The predicted molar refractivity (Wildman–Crippen MR) is 300 cm³/mol. The zero-order valence-corrected chi connectivity index (χ0v) is 39.8. The molecular weight excluding hydrogens is 857 g/mol. The number of hydrogen-bond acceptors (Lipinski definition) is 1. The van der Waals surface area contributed by atoms with Crippen molar-refractivity contribution in [3.05, 3.63) is 278 Å². The van der Waals surface area contributed by atoms with Gasteiger partial charge in [0, 0.05) is 38.9 Å². The second-order valence-corrected chi connectivity index (χ2v) is 19.3. The molecule has 336 valence electrons. The van der Waals surface area contributed by atoms with Gasteiger partial charge in [-0.3, -0.25) is 0 Å². The SMILES string of the molecule is CC1(C)c2ccccc2-c2ccc(-c3ccc(N(c4ccc(-c5ccccc5)cc4)c4ccc(-c5ccc(-c6ccc(-c7ccc8c(c7)c7ccccc7n8-c7ccccc7)cc6)cc5)cc4)cc3)cc21. The van der Waals surface area contributed by atoms with Gasteiger partial charge >= 0.3 is 0 Å². The van der Waals surface area contributed by atoms with Gasteiger partial charge in [0.1, 0.15) is 0 Å². The van der Waals surface area contributed by atoms with Crippen LogP contribution in [0.1, 0.15) is 25.0 Å². The normalized spacial score (nSPS) is 12.5. The highest BCUT2D eigenvalue weighted by Gasteiger charge is 2.35. The fourth-order valence-corrected chi connectivity index (χ4v) is 11.1. The van der Waals surface area contributed by atoms with Crippen molar-refractivity contribution < 1.29 is 0 Å². The summed E-state index contributed by atoms with van der Waals surface area (Å²) in [4.78, 5) is 2.36. The molecule has 0 atom stereocenters. The maximum atomic E-state index is 2.40. The van der Waals surface area contributed by atoms with Crippen molar-refractivity contribution >= 4 is 38.9 Å². The Labute approximate surface area is 416 Å². The topological polar surface area (TPSA) is 8.17 Å². The Bertz CT molecular complexity index is 3880. The van der Waals surface area contributed by atoms with E-state index in [9.17, 15) is 0 Å². The summed E-state index contributed by atoms with van der Waals surface area (Å²) < 4.78 is 2.37. The highest BCUT2D eigenvalue weighted by molar-refractivity contribution is 6.10. The monoisotopic (exact) mass is 906 g/mol. The van der Waals surface area contributed by atoms with Gasteiger partial charge < -0.3 is 9.47 Å². The fourth-order valence-electron chi connectivity index (χ4n) is 11.1. The van der Waals surface area contributed by atoms with Gasteiger partial charge in [0.2, 0.25) is 0 Å². The van der Waals surface area contributed by atoms with Crippen LogP contribution in [-0.4, -0.2) is 4.57 Å². The first kappa shape index (κ1) is 42.1. The third kappa shape index (κ3) is 7.44. The summed E-state index contributed by atoms with van der Waals surface area (Å²) >= 11 is 0. The fraction of sp³-hybridized carbons (Fsp3) is 0.0435. The lowest BCUT2D eigenvalue weighted by Crippen LogP contribution is -2.14. The Morgan fingerprint density at radius 1 is 0.282 bits per heavy atom. The summed E-state index contributed by atoms with van der Waals surface area (Å²) in [6.45, 7) is 4.69. The van der Waals surface area contributed by atoms with Gasteiger partial charge in [-0.15, -0.1) is 0 Å². The number of anilines is 3. The predicted octanol–water partition coefficient (Wildman–Crippen LogP) is 18.9. The highest BCUT2D eigenvalue weighted by Crippen LogP contribution is 2.50. The summed E-state index contributed by atoms with van der Waals surface area (Å²) in [6.07, 6.45) is 0. The molecule has 1 aromatic heterocycles. The van der Waals surface area contributed by atoms with E-state index in [0.717, 1.165) is 17.1 Å². The lowest BCUT2D eigenvalue weighted by atomic mass is 9.81. The van der Waals surface area contributed by atoms with Crippen LogP contribution in [0.25, 0.3) is 94.3 Å². The lowest BCUT2D eigenvalue weighted by molar-refractivity contribution is 0.660. The largest absolute Gasteiger partial charge is 0.311 e. The number of para-hydroxylation sites is 2. The Hall–Kier alpha value is -8.98. The van der Waals surface area contributed by atoms with E-state index >= 15 is 0 Å². The molecular formula is C69H50N2. The Kier molecular flexibility index (Phi) is 10.2. The Morgan fingerprint density at radius 2 is 0.662 bits per heavy atom. The van der Waals surface area contributed by atoms with E-state index in [0.29, 0.717) is 0 Å². The molecule has 11 aromatic carbocycles. The van der Waals surface area contributed by atoms with Crippen LogP contribution in [0.4, 0.5) is 17.1 Å². The zero-order chi connectivity index (χ0) is 47.5. The van der Waals surface area contributed by atoms with Crippen LogP contribution in [0.5, 0.6) is 0 Å². The van der Waals surface area contributed by atoms with E-state index in [1.807, 2.05) is 0 Å². The van der Waals surface area contributed by atoms with Crippen molar-refractivity contribution in [1.82, 2.24) is 4.57 Å². The van der Waals surface area contributed by atoms with Gasteiger partial charge in [-0.25, -0.2) is 0 Å². The van der Waals surface area contributed by atoms with Gasteiger partial charge in [-0.1, -0.05) is 208 Å². The minimum Gasteiger partial charge on any atom is -0.311 e. The van der Waals surface area contributed by atoms with Crippen LogP contribution in [0.3, 0.4) is 0 Å². The van der Waals surface area contributed by atoms with Crippen LogP contribution in [0.15, 0.2) is 267 Å². The average molecular weight is 907 g/mol. The van der Waals surface area contributed by atoms with Crippen LogP contribution in [-0.2, 0) is 5.41 Å². The molecule has 0 aliphatic heterocycles. The first-order chi connectivity index (χ1) is 34.9. The first-order valence-electron chi connectivity index (χ1n) is 24.7. The molecule has 0 radical (unpaired) electrons. The average Bonchev–Trinajstić information content (AvgIpc) is 3.89. The van der Waals surface area contributed by atoms with Gasteiger partial charge in [0.25, 0.3) is 0 Å². The van der Waals surface area contributed by atoms with E-state index in [-0.39, 0.29) is 5.41 Å². The number of aromatic nitrogens is 1. The molecule has 1 aliphatic carbocycles. The summed E-state index contributed by atoms with van der Waals surface area (Å²) in [5, 5.41) is 2.52. The van der Waals surface area contributed by atoms with E-state index in [2.05, 4.69) is 290 Å². The Balaban J connectivity index is 0.768. The van der Waals surface area contributed by atoms with Crippen LogP contribution < -0.4 is 4.90 Å². The first-order valence-corrected chi connectivity index (χ1v) is 24.7. The van der Waals surface area contributed by atoms with Gasteiger partial charge in [-0.05, 0) is 151 Å². The maximum Gasteiger partial charge on any atom is 0.0541 e. The number of rotatable bonds is 9. The molecule has 12 aromatic rings. The van der Waals surface area contributed by atoms with Crippen LogP contribution in [0, 0.1) is 0 Å². The van der Waals surface area contributed by atoms with Crippen molar-refractivity contribution in [3.8, 4) is 72.4 Å². The van der Waals surface area contributed by atoms with Crippen LogP contribution in [0.2, 0.25) is 0 Å². The van der Waals surface area contributed by atoms with Crippen molar-refractivity contribution in [1.29, 1.82) is 0 Å². The molecule has 1 aliphatic rings. The summed E-state index contributed by atoms with van der Waals surface area (Å²) in [7, 11) is 0. The summed E-state index contributed by atoms with van der Waals surface area (Å²) in [5.74, 6) is 0. The molecule has 13 rings (SSSR count). The molecule has 71 heavy (non-hydrogen) atoms. The smallest absolute Gasteiger partial charge is 0.0541 e. The standard InChI is InChI=1S/C69H50N2/c1-69(2)65-19-11-9-17-61(65)62-43-35-56(46-66(62)69)54-33-41-60(42-34-54)70(58-37-29-51(30-38-58)47-13-5-3-6-14-47)59-39-31-52(32-40-59)50-23-21-48(22-24-50)49-25-27-53(28-26-49)55-36-44-68-64(45-55)63-18-10-12-20-67(63)71(68)57-15-7-4-8-16-57/h3-46H,1-2H3. The number of hydrogen-bond donors (Lipinski definition) is 0.